The molecule has 0 radical (unpaired) electrons. The predicted octanol–water partition coefficient (Wildman–Crippen LogP) is 2.77. The quantitative estimate of drug-likeness (QED) is 0.455. The lowest BCUT2D eigenvalue weighted by atomic mass is 9.94. The Hall–Kier alpha value is -1.59. The first-order valence-corrected chi connectivity index (χ1v) is 7.00. The fraction of sp³-hybridized carbons (Fsp3) is 0.357. The van der Waals surface area contributed by atoms with Crippen LogP contribution >= 0.6 is 23.2 Å². The maximum Gasteiger partial charge on any atom is 0.375 e. The molecular formula is C14H14Cl2O5. The van der Waals surface area contributed by atoms with Crippen molar-refractivity contribution < 1.29 is 23.9 Å². The maximum absolute atomic E-state index is 12.1. The molecule has 1 aromatic rings. The highest BCUT2D eigenvalue weighted by Crippen LogP contribution is 2.29. The van der Waals surface area contributed by atoms with Gasteiger partial charge in [-0.15, -0.1) is 0 Å². The minimum absolute atomic E-state index is 0.0223. The van der Waals surface area contributed by atoms with Gasteiger partial charge in [-0.25, -0.2) is 4.79 Å². The summed E-state index contributed by atoms with van der Waals surface area (Å²) < 4.78 is 9.47. The lowest BCUT2D eigenvalue weighted by molar-refractivity contribution is -0.159. The van der Waals surface area contributed by atoms with Crippen molar-refractivity contribution in [3.8, 4) is 0 Å². The standard InChI is InChI=1S/C14H14Cl2O5/c1-3-20-13(18)11(12(17)14(19)21-4-2)9-6-5-8(15)7-10(9)16/h5-7,11H,3-4H2,1-2H3. The number of rotatable bonds is 6. The molecule has 21 heavy (non-hydrogen) atoms. The van der Waals surface area contributed by atoms with Crippen LogP contribution in [-0.4, -0.2) is 30.9 Å². The molecule has 0 spiro atoms. The summed E-state index contributed by atoms with van der Waals surface area (Å²) in [6.07, 6.45) is 0. The first kappa shape index (κ1) is 17.5. The number of Topliss-reactive ketones (excluding diaryl/α,β-unsaturated/α-hetero) is 1. The molecule has 0 fully saturated rings. The number of carbonyl (C=O) groups is 3. The van der Waals surface area contributed by atoms with Crippen molar-refractivity contribution in [2.45, 2.75) is 19.8 Å². The molecule has 0 aliphatic rings. The fourth-order valence-corrected chi connectivity index (χ4v) is 2.17. The topological polar surface area (TPSA) is 69.7 Å². The van der Waals surface area contributed by atoms with Crippen LogP contribution in [0.15, 0.2) is 18.2 Å². The summed E-state index contributed by atoms with van der Waals surface area (Å²) in [7, 11) is 0. The van der Waals surface area contributed by atoms with Crippen LogP contribution in [0.3, 0.4) is 0 Å². The molecule has 0 N–H and O–H groups in total. The van der Waals surface area contributed by atoms with Crippen molar-refractivity contribution in [3.63, 3.8) is 0 Å². The number of ketones is 1. The normalized spacial score (nSPS) is 11.6. The summed E-state index contributed by atoms with van der Waals surface area (Å²) in [6, 6.07) is 4.25. The van der Waals surface area contributed by atoms with Crippen LogP contribution in [0.2, 0.25) is 10.0 Å². The van der Waals surface area contributed by atoms with Crippen molar-refractivity contribution in [3.05, 3.63) is 33.8 Å². The van der Waals surface area contributed by atoms with Gasteiger partial charge in [-0.2, -0.15) is 0 Å². The summed E-state index contributed by atoms with van der Waals surface area (Å²) >= 11 is 11.8. The highest BCUT2D eigenvalue weighted by atomic mass is 35.5. The Labute approximate surface area is 132 Å². The van der Waals surface area contributed by atoms with E-state index >= 15 is 0 Å². The Balaban J connectivity index is 3.22. The van der Waals surface area contributed by atoms with E-state index in [1.807, 2.05) is 0 Å². The van der Waals surface area contributed by atoms with E-state index in [1.54, 1.807) is 13.8 Å². The van der Waals surface area contributed by atoms with Crippen LogP contribution in [0, 0.1) is 0 Å². The number of halogens is 2. The average Bonchev–Trinajstić information content (AvgIpc) is 2.42. The molecule has 1 unspecified atom stereocenters. The van der Waals surface area contributed by atoms with Crippen molar-refractivity contribution >= 4 is 40.9 Å². The molecule has 0 aliphatic heterocycles. The van der Waals surface area contributed by atoms with E-state index in [9.17, 15) is 14.4 Å². The third-order valence-electron chi connectivity index (χ3n) is 2.53. The molecule has 0 heterocycles. The first-order valence-electron chi connectivity index (χ1n) is 6.24. The summed E-state index contributed by atoms with van der Waals surface area (Å²) in [5.41, 5.74) is 0.151. The Morgan fingerprint density at radius 2 is 1.71 bits per heavy atom. The molecular weight excluding hydrogens is 319 g/mol. The molecule has 0 amide bonds. The first-order chi connectivity index (χ1) is 9.92. The van der Waals surface area contributed by atoms with Gasteiger partial charge in [-0.3, -0.25) is 9.59 Å². The predicted molar refractivity (Wildman–Crippen MR) is 77.5 cm³/mol. The fourth-order valence-electron chi connectivity index (χ4n) is 1.66. The third-order valence-corrected chi connectivity index (χ3v) is 3.10. The zero-order valence-corrected chi connectivity index (χ0v) is 13.0. The molecule has 0 bridgehead atoms. The maximum atomic E-state index is 12.1. The molecule has 0 aliphatic carbocycles. The van der Waals surface area contributed by atoms with Crippen molar-refractivity contribution in [1.82, 2.24) is 0 Å². The van der Waals surface area contributed by atoms with Crippen LogP contribution in [0.25, 0.3) is 0 Å². The lowest BCUT2D eigenvalue weighted by Gasteiger charge is -2.15. The number of hydrogen-bond donors (Lipinski definition) is 0. The van der Waals surface area contributed by atoms with E-state index in [1.165, 1.54) is 18.2 Å². The van der Waals surface area contributed by atoms with Gasteiger partial charge in [0.25, 0.3) is 5.78 Å². The monoisotopic (exact) mass is 332 g/mol. The highest BCUT2D eigenvalue weighted by molar-refractivity contribution is 6.41. The van der Waals surface area contributed by atoms with E-state index in [2.05, 4.69) is 4.74 Å². The summed E-state index contributed by atoms with van der Waals surface area (Å²) in [4.78, 5) is 35.7. The van der Waals surface area contributed by atoms with Gasteiger partial charge in [0, 0.05) is 10.0 Å². The van der Waals surface area contributed by atoms with E-state index in [0.29, 0.717) is 5.02 Å². The molecule has 7 heteroatoms. The molecule has 1 rings (SSSR count). The van der Waals surface area contributed by atoms with Gasteiger partial charge in [-0.05, 0) is 31.5 Å². The number of ether oxygens (including phenoxy) is 2. The van der Waals surface area contributed by atoms with Crippen LogP contribution in [-0.2, 0) is 23.9 Å². The largest absolute Gasteiger partial charge is 0.465 e. The SMILES string of the molecule is CCOC(=O)C(=O)C(C(=O)OCC)c1ccc(Cl)cc1Cl. The molecule has 5 nitrogen and oxygen atoms in total. The van der Waals surface area contributed by atoms with Crippen molar-refractivity contribution in [2.24, 2.45) is 0 Å². The van der Waals surface area contributed by atoms with E-state index < -0.39 is 23.6 Å². The zero-order chi connectivity index (χ0) is 16.0. The second-order valence-electron chi connectivity index (χ2n) is 3.94. The zero-order valence-electron chi connectivity index (χ0n) is 11.5. The van der Waals surface area contributed by atoms with E-state index in [-0.39, 0.29) is 23.8 Å². The van der Waals surface area contributed by atoms with Crippen molar-refractivity contribution in [1.29, 1.82) is 0 Å². The van der Waals surface area contributed by atoms with Crippen LogP contribution in [0.1, 0.15) is 25.3 Å². The second-order valence-corrected chi connectivity index (χ2v) is 4.78. The van der Waals surface area contributed by atoms with E-state index in [4.69, 9.17) is 27.9 Å². The summed E-state index contributed by atoms with van der Waals surface area (Å²) in [5, 5.41) is 0.438. The molecule has 114 valence electrons. The van der Waals surface area contributed by atoms with Gasteiger partial charge in [0.05, 0.1) is 13.2 Å². The number of carbonyl (C=O) groups excluding carboxylic acids is 3. The summed E-state index contributed by atoms with van der Waals surface area (Å²) in [6.45, 7) is 3.23. The molecule has 1 atom stereocenters. The number of benzene rings is 1. The van der Waals surface area contributed by atoms with Gasteiger partial charge in [-0.1, -0.05) is 29.3 Å². The molecule has 0 aromatic heterocycles. The Morgan fingerprint density at radius 1 is 1.10 bits per heavy atom. The average molecular weight is 333 g/mol. The van der Waals surface area contributed by atoms with Crippen LogP contribution in [0.4, 0.5) is 0 Å². The minimum Gasteiger partial charge on any atom is -0.465 e. The van der Waals surface area contributed by atoms with Gasteiger partial charge in [0.15, 0.2) is 5.92 Å². The number of esters is 2. The van der Waals surface area contributed by atoms with Crippen LogP contribution < -0.4 is 0 Å². The Bertz CT molecular complexity index is 556. The molecule has 1 aromatic carbocycles. The third kappa shape index (κ3) is 4.44. The van der Waals surface area contributed by atoms with Crippen LogP contribution in [0.5, 0.6) is 0 Å². The Morgan fingerprint density at radius 3 is 2.24 bits per heavy atom. The smallest absolute Gasteiger partial charge is 0.375 e. The second kappa shape index (κ2) is 8.00. The van der Waals surface area contributed by atoms with Gasteiger partial charge in [0.2, 0.25) is 0 Å². The minimum atomic E-state index is -1.46. The highest BCUT2D eigenvalue weighted by Gasteiger charge is 2.36. The van der Waals surface area contributed by atoms with Gasteiger partial charge in [0.1, 0.15) is 0 Å². The lowest BCUT2D eigenvalue weighted by Crippen LogP contribution is -2.31. The van der Waals surface area contributed by atoms with E-state index in [0.717, 1.165) is 0 Å². The van der Waals surface area contributed by atoms with Crippen molar-refractivity contribution in [2.75, 3.05) is 13.2 Å². The molecule has 0 saturated carbocycles. The molecule has 0 saturated heterocycles. The van der Waals surface area contributed by atoms with Gasteiger partial charge < -0.3 is 9.47 Å². The van der Waals surface area contributed by atoms with Gasteiger partial charge >= 0.3 is 11.9 Å². The summed E-state index contributed by atoms with van der Waals surface area (Å²) in [5.74, 6) is -4.46. The Kier molecular flexibility index (Phi) is 6.65. The number of hydrogen-bond acceptors (Lipinski definition) is 5.